The topological polar surface area (TPSA) is 72.6 Å². The Balaban J connectivity index is 1.45. The maximum Gasteiger partial charge on any atom is 0.350 e. The van der Waals surface area contributed by atoms with Gasteiger partial charge >= 0.3 is 11.7 Å². The Hall–Kier alpha value is -3.39. The van der Waals surface area contributed by atoms with Crippen molar-refractivity contribution in [3.05, 3.63) is 77.0 Å². The molecule has 2 heterocycles. The number of piperazine rings is 1. The van der Waals surface area contributed by atoms with E-state index < -0.39 is 0 Å². The standard InChI is InChI=1S/C25H31N5O3/c1-4-33-24(31)23(20-8-6-5-7-9-20)28-16-14-27(15-17-28)21-10-12-22(13-11-21)29-18-26-30(19(2)3)25(29)32/h5-13,18-19,23H,4,14-17H2,1-3H3. The van der Waals surface area contributed by atoms with E-state index >= 15 is 0 Å². The summed E-state index contributed by atoms with van der Waals surface area (Å²) in [7, 11) is 0. The van der Waals surface area contributed by atoms with Gasteiger partial charge in [0, 0.05) is 31.9 Å². The fourth-order valence-corrected chi connectivity index (χ4v) is 4.26. The van der Waals surface area contributed by atoms with E-state index in [0.29, 0.717) is 6.61 Å². The predicted molar refractivity (Wildman–Crippen MR) is 128 cm³/mol. The van der Waals surface area contributed by atoms with E-state index in [4.69, 9.17) is 4.74 Å². The van der Waals surface area contributed by atoms with Crippen LogP contribution < -0.4 is 10.6 Å². The molecule has 8 heteroatoms. The molecule has 174 valence electrons. The molecule has 1 aromatic heterocycles. The predicted octanol–water partition coefficient (Wildman–Crippen LogP) is 3.04. The summed E-state index contributed by atoms with van der Waals surface area (Å²) in [6, 6.07) is 17.4. The minimum Gasteiger partial charge on any atom is -0.465 e. The zero-order chi connectivity index (χ0) is 23.4. The Morgan fingerprint density at radius 3 is 2.18 bits per heavy atom. The van der Waals surface area contributed by atoms with Gasteiger partial charge in [-0.3, -0.25) is 4.90 Å². The lowest BCUT2D eigenvalue weighted by atomic mass is 10.0. The van der Waals surface area contributed by atoms with E-state index in [1.54, 1.807) is 10.9 Å². The van der Waals surface area contributed by atoms with Crippen LogP contribution in [0.1, 0.15) is 38.4 Å². The Bertz CT molecular complexity index is 1110. The first-order chi connectivity index (χ1) is 16.0. The number of aromatic nitrogens is 3. The number of hydrogen-bond donors (Lipinski definition) is 0. The lowest BCUT2D eigenvalue weighted by Gasteiger charge is -2.39. The number of carbonyl (C=O) groups excluding carboxylic acids is 1. The average Bonchev–Trinajstić information content (AvgIpc) is 3.22. The fraction of sp³-hybridized carbons (Fsp3) is 0.400. The first-order valence-electron chi connectivity index (χ1n) is 11.5. The van der Waals surface area contributed by atoms with Gasteiger partial charge in [0.15, 0.2) is 0 Å². The lowest BCUT2D eigenvalue weighted by Crippen LogP contribution is -2.49. The van der Waals surface area contributed by atoms with Crippen molar-refractivity contribution < 1.29 is 9.53 Å². The van der Waals surface area contributed by atoms with E-state index in [1.165, 1.54) is 4.68 Å². The molecule has 0 N–H and O–H groups in total. The molecule has 1 aliphatic rings. The molecule has 0 amide bonds. The summed E-state index contributed by atoms with van der Waals surface area (Å²) in [6.45, 7) is 9.18. The number of benzene rings is 2. The molecule has 1 fully saturated rings. The number of ether oxygens (including phenoxy) is 1. The number of rotatable bonds is 7. The van der Waals surface area contributed by atoms with Gasteiger partial charge in [0.2, 0.25) is 0 Å². The van der Waals surface area contributed by atoms with Crippen molar-refractivity contribution in [2.24, 2.45) is 0 Å². The minimum absolute atomic E-state index is 0.0173. The molecule has 3 aromatic rings. The van der Waals surface area contributed by atoms with Gasteiger partial charge in [-0.15, -0.1) is 0 Å². The SMILES string of the molecule is CCOC(=O)C(c1ccccc1)N1CCN(c2ccc(-n3cnn(C(C)C)c3=O)cc2)CC1. The van der Waals surface area contributed by atoms with Crippen molar-refractivity contribution in [2.45, 2.75) is 32.9 Å². The van der Waals surface area contributed by atoms with E-state index in [2.05, 4.69) is 14.9 Å². The van der Waals surface area contributed by atoms with Crippen LogP contribution in [0.5, 0.6) is 0 Å². The third-order valence-electron chi connectivity index (χ3n) is 5.98. The molecule has 0 aliphatic carbocycles. The molecule has 1 unspecified atom stereocenters. The molecule has 0 spiro atoms. The maximum atomic E-state index is 12.7. The summed E-state index contributed by atoms with van der Waals surface area (Å²) in [5.74, 6) is -0.200. The van der Waals surface area contributed by atoms with Gasteiger partial charge in [0.05, 0.1) is 18.3 Å². The monoisotopic (exact) mass is 449 g/mol. The molecule has 8 nitrogen and oxygen atoms in total. The van der Waals surface area contributed by atoms with E-state index in [1.807, 2.05) is 75.4 Å². The average molecular weight is 450 g/mol. The molecule has 1 atom stereocenters. The van der Waals surface area contributed by atoms with Crippen LogP contribution in [0.2, 0.25) is 0 Å². The molecule has 1 saturated heterocycles. The summed E-state index contributed by atoms with van der Waals surface area (Å²) in [6.07, 6.45) is 1.56. The first kappa shape index (κ1) is 22.8. The number of carbonyl (C=O) groups is 1. The number of hydrogen-bond acceptors (Lipinski definition) is 6. The highest BCUT2D eigenvalue weighted by Gasteiger charge is 2.31. The van der Waals surface area contributed by atoms with Crippen LogP contribution >= 0.6 is 0 Å². The van der Waals surface area contributed by atoms with Crippen LogP contribution in [0.15, 0.2) is 65.7 Å². The molecule has 4 rings (SSSR count). The zero-order valence-corrected chi connectivity index (χ0v) is 19.4. The second kappa shape index (κ2) is 10.0. The van der Waals surface area contributed by atoms with Crippen molar-refractivity contribution in [2.75, 3.05) is 37.7 Å². The molecule has 0 bridgehead atoms. The van der Waals surface area contributed by atoms with Gasteiger partial charge in [0.1, 0.15) is 12.4 Å². The first-order valence-corrected chi connectivity index (χ1v) is 11.5. The van der Waals surface area contributed by atoms with Crippen molar-refractivity contribution in [1.82, 2.24) is 19.2 Å². The second-order valence-electron chi connectivity index (χ2n) is 8.43. The Morgan fingerprint density at radius 2 is 1.61 bits per heavy atom. The Labute approximate surface area is 194 Å². The summed E-state index contributed by atoms with van der Waals surface area (Å²) < 4.78 is 8.41. The van der Waals surface area contributed by atoms with Crippen LogP contribution in [0.25, 0.3) is 5.69 Å². The van der Waals surface area contributed by atoms with Crippen LogP contribution in [-0.2, 0) is 9.53 Å². The molecule has 2 aromatic carbocycles. The van der Waals surface area contributed by atoms with Crippen molar-refractivity contribution >= 4 is 11.7 Å². The van der Waals surface area contributed by atoms with Gasteiger partial charge in [-0.05, 0) is 50.6 Å². The highest BCUT2D eigenvalue weighted by Crippen LogP contribution is 2.26. The lowest BCUT2D eigenvalue weighted by molar-refractivity contribution is -0.150. The maximum absolute atomic E-state index is 12.7. The van der Waals surface area contributed by atoms with Crippen LogP contribution in [0.4, 0.5) is 5.69 Å². The molecule has 33 heavy (non-hydrogen) atoms. The molecular weight excluding hydrogens is 418 g/mol. The summed E-state index contributed by atoms with van der Waals surface area (Å²) in [4.78, 5) is 29.7. The smallest absolute Gasteiger partial charge is 0.350 e. The number of esters is 1. The van der Waals surface area contributed by atoms with E-state index in [-0.39, 0.29) is 23.7 Å². The van der Waals surface area contributed by atoms with Gasteiger partial charge in [-0.25, -0.2) is 18.8 Å². The van der Waals surface area contributed by atoms with Gasteiger partial charge < -0.3 is 9.64 Å². The van der Waals surface area contributed by atoms with E-state index in [9.17, 15) is 9.59 Å². The quantitative estimate of drug-likeness (QED) is 0.517. The summed E-state index contributed by atoms with van der Waals surface area (Å²) in [5, 5.41) is 4.19. The van der Waals surface area contributed by atoms with Crippen molar-refractivity contribution in [3.63, 3.8) is 0 Å². The normalized spacial score (nSPS) is 15.6. The summed E-state index contributed by atoms with van der Waals surface area (Å²) >= 11 is 0. The third kappa shape index (κ3) is 4.85. The number of anilines is 1. The van der Waals surface area contributed by atoms with Crippen molar-refractivity contribution in [1.29, 1.82) is 0 Å². The van der Waals surface area contributed by atoms with Crippen LogP contribution in [0, 0.1) is 0 Å². The van der Waals surface area contributed by atoms with Gasteiger partial charge in [0.25, 0.3) is 0 Å². The number of nitrogens with zero attached hydrogens (tertiary/aromatic N) is 5. The minimum atomic E-state index is -0.389. The van der Waals surface area contributed by atoms with Gasteiger partial charge in [-0.2, -0.15) is 5.10 Å². The Morgan fingerprint density at radius 1 is 0.970 bits per heavy atom. The van der Waals surface area contributed by atoms with Gasteiger partial charge in [-0.1, -0.05) is 30.3 Å². The Kier molecular flexibility index (Phi) is 6.93. The molecule has 0 radical (unpaired) electrons. The fourth-order valence-electron chi connectivity index (χ4n) is 4.26. The second-order valence-corrected chi connectivity index (χ2v) is 8.43. The van der Waals surface area contributed by atoms with Crippen molar-refractivity contribution in [3.8, 4) is 5.69 Å². The highest BCUT2D eigenvalue weighted by molar-refractivity contribution is 5.77. The van der Waals surface area contributed by atoms with E-state index in [0.717, 1.165) is 43.1 Å². The van der Waals surface area contributed by atoms with Crippen LogP contribution in [-0.4, -0.2) is 58.0 Å². The van der Waals surface area contributed by atoms with Crippen LogP contribution in [0.3, 0.4) is 0 Å². The molecular formula is C25H31N5O3. The molecule has 1 aliphatic heterocycles. The highest BCUT2D eigenvalue weighted by atomic mass is 16.5. The largest absolute Gasteiger partial charge is 0.465 e. The zero-order valence-electron chi connectivity index (χ0n) is 19.4. The third-order valence-corrected chi connectivity index (χ3v) is 5.98. The summed E-state index contributed by atoms with van der Waals surface area (Å²) in [5.41, 5.74) is 2.70. The molecule has 0 saturated carbocycles.